The van der Waals surface area contributed by atoms with Gasteiger partial charge in [0.1, 0.15) is 11.6 Å². The number of nitrogens with one attached hydrogen (secondary N) is 1. The summed E-state index contributed by atoms with van der Waals surface area (Å²) in [5.41, 5.74) is 10.9. The lowest BCUT2D eigenvalue weighted by Gasteiger charge is -1.96. The predicted octanol–water partition coefficient (Wildman–Crippen LogP) is 0.811. The molecular weight excluding hydrogens is 193 g/mol. The number of primary amides is 1. The van der Waals surface area contributed by atoms with E-state index in [1.807, 2.05) is 0 Å². The van der Waals surface area contributed by atoms with Crippen LogP contribution in [0.3, 0.4) is 0 Å². The van der Waals surface area contributed by atoms with Crippen molar-refractivity contribution in [2.24, 2.45) is 5.73 Å². The van der Waals surface area contributed by atoms with Gasteiger partial charge >= 0.3 is 0 Å². The van der Waals surface area contributed by atoms with E-state index in [1.54, 1.807) is 6.07 Å². The summed E-state index contributed by atoms with van der Waals surface area (Å²) in [6.45, 7) is -0.262. The zero-order chi connectivity index (χ0) is 9.84. The van der Waals surface area contributed by atoms with E-state index in [2.05, 4.69) is 5.32 Å². The van der Waals surface area contributed by atoms with E-state index in [0.717, 1.165) is 11.3 Å². The second-order valence-corrected chi connectivity index (χ2v) is 3.43. The molecule has 0 saturated heterocycles. The molecule has 6 heteroatoms. The lowest BCUT2D eigenvalue weighted by atomic mass is 10.4. The average Bonchev–Trinajstić information content (AvgIpc) is 2.43. The normalized spacial score (nSPS) is 9.92. The van der Waals surface area contributed by atoms with Gasteiger partial charge in [-0.2, -0.15) is 0 Å². The summed E-state index contributed by atoms with van der Waals surface area (Å²) >= 11 is 1.13. The number of nitrogens with two attached hydrogens (primary N) is 2. The van der Waals surface area contributed by atoms with E-state index in [4.69, 9.17) is 11.5 Å². The number of alkyl halides is 1. The third kappa shape index (κ3) is 2.32. The number of thiophene rings is 1. The molecule has 13 heavy (non-hydrogen) atoms. The molecule has 0 aliphatic heterocycles. The minimum atomic E-state index is -0.559. The fraction of sp³-hybridized carbons (Fsp3) is 0.286. The predicted molar refractivity (Wildman–Crippen MR) is 51.7 cm³/mol. The van der Waals surface area contributed by atoms with E-state index in [-0.39, 0.29) is 6.54 Å². The number of anilines is 2. The molecule has 0 radical (unpaired) electrons. The van der Waals surface area contributed by atoms with E-state index in [9.17, 15) is 9.18 Å². The highest BCUT2D eigenvalue weighted by atomic mass is 32.1. The first-order chi connectivity index (χ1) is 6.15. The molecule has 1 aromatic rings. The number of hydrogen-bond donors (Lipinski definition) is 3. The zero-order valence-corrected chi connectivity index (χ0v) is 7.66. The average molecular weight is 203 g/mol. The van der Waals surface area contributed by atoms with Crippen molar-refractivity contribution < 1.29 is 9.18 Å². The molecule has 1 amide bonds. The molecule has 0 spiro atoms. The minimum absolute atomic E-state index is 0.207. The SMILES string of the molecule is NC(=O)c1sc(NCCF)cc1N. The fourth-order valence-corrected chi connectivity index (χ4v) is 1.71. The van der Waals surface area contributed by atoms with Crippen molar-refractivity contribution in [2.75, 3.05) is 24.3 Å². The second kappa shape index (κ2) is 4.08. The smallest absolute Gasteiger partial charge is 0.260 e. The fourth-order valence-electron chi connectivity index (χ4n) is 0.855. The van der Waals surface area contributed by atoms with Crippen LogP contribution in [0.4, 0.5) is 15.1 Å². The summed E-state index contributed by atoms with van der Waals surface area (Å²) in [5.74, 6) is -0.559. The molecule has 1 aromatic heterocycles. The summed E-state index contributed by atoms with van der Waals surface area (Å²) in [5, 5.41) is 3.42. The quantitative estimate of drug-likeness (QED) is 0.677. The Morgan fingerprint density at radius 1 is 1.69 bits per heavy atom. The molecule has 0 unspecified atom stereocenters. The van der Waals surface area contributed by atoms with Crippen LogP contribution in [0.1, 0.15) is 9.67 Å². The molecule has 1 rings (SSSR count). The maximum absolute atomic E-state index is 11.8. The van der Waals surface area contributed by atoms with Gasteiger partial charge < -0.3 is 16.8 Å². The number of nitrogen functional groups attached to an aromatic ring is 1. The number of amides is 1. The first kappa shape index (κ1) is 9.79. The van der Waals surface area contributed by atoms with Gasteiger partial charge in [0.2, 0.25) is 0 Å². The number of hydrogen-bond acceptors (Lipinski definition) is 4. The Morgan fingerprint density at radius 2 is 2.38 bits per heavy atom. The number of rotatable bonds is 4. The topological polar surface area (TPSA) is 81.1 Å². The van der Waals surface area contributed by atoms with Crippen molar-refractivity contribution in [3.8, 4) is 0 Å². The molecule has 0 saturated carbocycles. The summed E-state index contributed by atoms with van der Waals surface area (Å²) in [6, 6.07) is 1.57. The Labute approximate surface area is 78.7 Å². The van der Waals surface area contributed by atoms with Gasteiger partial charge in [0.05, 0.1) is 10.7 Å². The molecule has 0 aliphatic carbocycles. The maximum atomic E-state index is 11.8. The second-order valence-electron chi connectivity index (χ2n) is 2.38. The van der Waals surface area contributed by atoms with Crippen molar-refractivity contribution in [2.45, 2.75) is 0 Å². The molecule has 4 nitrogen and oxygen atoms in total. The van der Waals surface area contributed by atoms with Crippen LogP contribution in [0.2, 0.25) is 0 Å². The Hall–Kier alpha value is -1.30. The third-order valence-electron chi connectivity index (χ3n) is 1.38. The van der Waals surface area contributed by atoms with Gasteiger partial charge in [-0.1, -0.05) is 0 Å². The van der Waals surface area contributed by atoms with E-state index in [0.29, 0.717) is 15.6 Å². The van der Waals surface area contributed by atoms with Crippen LogP contribution in [0.5, 0.6) is 0 Å². The van der Waals surface area contributed by atoms with E-state index >= 15 is 0 Å². The standard InChI is InChI=1S/C7H10FN3OS/c8-1-2-11-5-3-4(9)6(13-5)7(10)12/h3,11H,1-2,9H2,(H2,10,12). The molecule has 72 valence electrons. The van der Waals surface area contributed by atoms with Gasteiger partial charge in [0, 0.05) is 6.54 Å². The van der Waals surface area contributed by atoms with Crippen molar-refractivity contribution in [1.29, 1.82) is 0 Å². The number of carbonyl (C=O) groups excluding carboxylic acids is 1. The molecule has 0 atom stereocenters. The zero-order valence-electron chi connectivity index (χ0n) is 6.84. The number of halogens is 1. The lowest BCUT2D eigenvalue weighted by Crippen LogP contribution is -2.10. The molecule has 0 aliphatic rings. The van der Waals surface area contributed by atoms with Gasteiger partial charge in [-0.15, -0.1) is 11.3 Å². The van der Waals surface area contributed by atoms with E-state index < -0.39 is 12.6 Å². The largest absolute Gasteiger partial charge is 0.397 e. The molecular formula is C7H10FN3OS. The van der Waals surface area contributed by atoms with Crippen LogP contribution in [0.25, 0.3) is 0 Å². The molecule has 1 heterocycles. The molecule has 0 bridgehead atoms. The van der Waals surface area contributed by atoms with Gasteiger partial charge in [-0.3, -0.25) is 4.79 Å². The van der Waals surface area contributed by atoms with Crippen LogP contribution in [-0.2, 0) is 0 Å². The highest BCUT2D eigenvalue weighted by Gasteiger charge is 2.10. The van der Waals surface area contributed by atoms with Crippen molar-refractivity contribution in [1.82, 2.24) is 0 Å². The van der Waals surface area contributed by atoms with Crippen LogP contribution in [0.15, 0.2) is 6.07 Å². The van der Waals surface area contributed by atoms with Crippen molar-refractivity contribution in [3.05, 3.63) is 10.9 Å². The van der Waals surface area contributed by atoms with Gasteiger partial charge in [0.25, 0.3) is 5.91 Å². The van der Waals surface area contributed by atoms with Gasteiger partial charge in [-0.25, -0.2) is 4.39 Å². The Balaban J connectivity index is 2.76. The third-order valence-corrected chi connectivity index (χ3v) is 2.50. The summed E-state index contributed by atoms with van der Waals surface area (Å²) in [4.78, 5) is 11.1. The minimum Gasteiger partial charge on any atom is -0.397 e. The van der Waals surface area contributed by atoms with Crippen LogP contribution >= 0.6 is 11.3 Å². The van der Waals surface area contributed by atoms with E-state index in [1.165, 1.54) is 0 Å². The first-order valence-corrected chi connectivity index (χ1v) is 4.45. The van der Waals surface area contributed by atoms with Gasteiger partial charge in [-0.05, 0) is 6.07 Å². The molecule has 5 N–H and O–H groups in total. The number of carbonyl (C=O) groups is 1. The summed E-state index contributed by atoms with van der Waals surface area (Å²) in [6.07, 6.45) is 0. The Kier molecular flexibility index (Phi) is 3.07. The van der Waals surface area contributed by atoms with Crippen molar-refractivity contribution in [3.63, 3.8) is 0 Å². The summed E-state index contributed by atoms with van der Waals surface area (Å²) < 4.78 is 11.8. The Bertz CT molecular complexity index is 313. The van der Waals surface area contributed by atoms with Gasteiger partial charge in [0.15, 0.2) is 0 Å². The van der Waals surface area contributed by atoms with Crippen LogP contribution < -0.4 is 16.8 Å². The molecule has 0 fully saturated rings. The Morgan fingerprint density at radius 3 is 2.85 bits per heavy atom. The van der Waals surface area contributed by atoms with Crippen molar-refractivity contribution >= 4 is 27.9 Å². The highest BCUT2D eigenvalue weighted by molar-refractivity contribution is 7.18. The lowest BCUT2D eigenvalue weighted by molar-refractivity contribution is 0.100. The maximum Gasteiger partial charge on any atom is 0.260 e. The monoisotopic (exact) mass is 203 g/mol. The van der Waals surface area contributed by atoms with Crippen LogP contribution in [0, 0.1) is 0 Å². The first-order valence-electron chi connectivity index (χ1n) is 3.64. The highest BCUT2D eigenvalue weighted by Crippen LogP contribution is 2.28. The molecule has 0 aromatic carbocycles. The summed E-state index contributed by atoms with van der Waals surface area (Å²) in [7, 11) is 0. The van der Waals surface area contributed by atoms with Crippen LogP contribution in [-0.4, -0.2) is 19.1 Å².